The molecular formula is C21H20BrN5O4. The van der Waals surface area contributed by atoms with Gasteiger partial charge in [0.25, 0.3) is 5.91 Å². The maximum Gasteiger partial charge on any atom is 0.262 e. The monoisotopic (exact) mass is 485 g/mol. The molecule has 0 fully saturated rings. The van der Waals surface area contributed by atoms with Crippen LogP contribution in [0.25, 0.3) is 0 Å². The summed E-state index contributed by atoms with van der Waals surface area (Å²) in [6, 6.07) is 12.4. The Labute approximate surface area is 186 Å². The van der Waals surface area contributed by atoms with Crippen LogP contribution in [0.2, 0.25) is 0 Å². The van der Waals surface area contributed by atoms with E-state index in [0.717, 1.165) is 5.56 Å². The number of nitrogens with one attached hydrogen (secondary N) is 2. The van der Waals surface area contributed by atoms with Crippen LogP contribution in [-0.2, 0) is 9.59 Å². The van der Waals surface area contributed by atoms with Gasteiger partial charge in [0.15, 0.2) is 18.1 Å². The Balaban J connectivity index is 1.56. The van der Waals surface area contributed by atoms with Gasteiger partial charge in [-0.1, -0.05) is 18.2 Å². The Morgan fingerprint density at radius 3 is 2.87 bits per heavy atom. The van der Waals surface area contributed by atoms with Gasteiger partial charge in [-0.05, 0) is 52.7 Å². The second-order valence-electron chi connectivity index (χ2n) is 6.76. The largest absolute Gasteiger partial charge is 0.490 e. The lowest BCUT2D eigenvalue weighted by molar-refractivity contribution is -0.118. The van der Waals surface area contributed by atoms with Crippen LogP contribution >= 0.6 is 15.9 Å². The van der Waals surface area contributed by atoms with Crippen LogP contribution in [0.1, 0.15) is 24.9 Å². The van der Waals surface area contributed by atoms with Crippen molar-refractivity contribution in [2.24, 2.45) is 0 Å². The first-order valence-corrected chi connectivity index (χ1v) is 10.5. The minimum atomic E-state index is -0.336. The van der Waals surface area contributed by atoms with E-state index in [-0.39, 0.29) is 30.9 Å². The van der Waals surface area contributed by atoms with Gasteiger partial charge in [-0.25, -0.2) is 4.68 Å². The van der Waals surface area contributed by atoms with Crippen molar-refractivity contribution in [3.05, 3.63) is 58.8 Å². The SMILES string of the molecule is CCOc1cc(C2CC(=O)Nc3ncnn32)cc(Br)c1OCC(=O)Nc1ccccc1. The highest BCUT2D eigenvalue weighted by atomic mass is 79.9. The number of aromatic nitrogens is 3. The average molecular weight is 486 g/mol. The van der Waals surface area contributed by atoms with Crippen LogP contribution in [-0.4, -0.2) is 39.8 Å². The number of rotatable bonds is 7. The van der Waals surface area contributed by atoms with Gasteiger partial charge >= 0.3 is 0 Å². The Kier molecular flexibility index (Phi) is 6.17. The topological polar surface area (TPSA) is 107 Å². The lowest BCUT2D eigenvalue weighted by Crippen LogP contribution is -2.29. The number of hydrogen-bond acceptors (Lipinski definition) is 6. The molecule has 0 bridgehead atoms. The highest BCUT2D eigenvalue weighted by molar-refractivity contribution is 9.10. The first-order valence-electron chi connectivity index (χ1n) is 9.68. The Hall–Kier alpha value is -3.40. The number of benzene rings is 2. The molecule has 1 aliphatic heterocycles. The summed E-state index contributed by atoms with van der Waals surface area (Å²) in [6.07, 6.45) is 1.61. The van der Waals surface area contributed by atoms with Crippen LogP contribution in [0.4, 0.5) is 11.6 Å². The molecule has 2 amide bonds. The van der Waals surface area contributed by atoms with E-state index in [1.807, 2.05) is 31.2 Å². The first kappa shape index (κ1) is 20.9. The molecule has 3 aromatic rings. The summed E-state index contributed by atoms with van der Waals surface area (Å²) in [5.41, 5.74) is 1.49. The standard InChI is InChI=1S/C21H20BrN5O4/c1-2-30-17-9-13(16-10-18(28)26-21-23-12-24-27(16)21)8-15(22)20(17)31-11-19(29)25-14-6-4-3-5-7-14/h3-9,12,16H,2,10-11H2,1H3,(H,25,29)(H,23,24,26,28). The molecular weight excluding hydrogens is 466 g/mol. The van der Waals surface area contributed by atoms with Crippen LogP contribution in [0.3, 0.4) is 0 Å². The lowest BCUT2D eigenvalue weighted by Gasteiger charge is -2.25. The lowest BCUT2D eigenvalue weighted by atomic mass is 10.0. The minimum absolute atomic E-state index is 0.141. The van der Waals surface area contributed by atoms with E-state index < -0.39 is 0 Å². The van der Waals surface area contributed by atoms with Crippen molar-refractivity contribution in [3.63, 3.8) is 0 Å². The fourth-order valence-electron chi connectivity index (χ4n) is 3.30. The van der Waals surface area contributed by atoms with Crippen LogP contribution < -0.4 is 20.1 Å². The molecule has 0 spiro atoms. The van der Waals surface area contributed by atoms with Gasteiger partial charge in [-0.3, -0.25) is 14.9 Å². The van der Waals surface area contributed by atoms with Crippen molar-refractivity contribution in [1.29, 1.82) is 0 Å². The van der Waals surface area contributed by atoms with Crippen molar-refractivity contribution in [1.82, 2.24) is 14.8 Å². The number of fused-ring (bicyclic) bond motifs is 1. The van der Waals surface area contributed by atoms with E-state index in [0.29, 0.717) is 34.2 Å². The van der Waals surface area contributed by atoms with Crippen LogP contribution in [0.5, 0.6) is 11.5 Å². The summed E-state index contributed by atoms with van der Waals surface area (Å²) >= 11 is 3.51. The Bertz CT molecular complexity index is 1100. The summed E-state index contributed by atoms with van der Waals surface area (Å²) in [7, 11) is 0. The minimum Gasteiger partial charge on any atom is -0.490 e. The molecule has 160 valence electrons. The zero-order valence-corrected chi connectivity index (χ0v) is 18.3. The molecule has 0 aliphatic carbocycles. The van der Waals surface area contributed by atoms with Gasteiger partial charge in [0.05, 0.1) is 23.5 Å². The van der Waals surface area contributed by atoms with E-state index in [1.54, 1.807) is 22.9 Å². The zero-order valence-electron chi connectivity index (χ0n) is 16.7. The van der Waals surface area contributed by atoms with Crippen LogP contribution in [0, 0.1) is 0 Å². The first-order chi connectivity index (χ1) is 15.0. The Morgan fingerprint density at radius 2 is 2.10 bits per heavy atom. The van der Waals surface area contributed by atoms with E-state index in [4.69, 9.17) is 9.47 Å². The van der Waals surface area contributed by atoms with Crippen molar-refractivity contribution in [2.45, 2.75) is 19.4 Å². The van der Waals surface area contributed by atoms with Crippen molar-refractivity contribution < 1.29 is 19.1 Å². The van der Waals surface area contributed by atoms with Gasteiger partial charge in [-0.2, -0.15) is 10.1 Å². The number of para-hydroxylation sites is 1. The highest BCUT2D eigenvalue weighted by Crippen LogP contribution is 2.40. The molecule has 0 saturated carbocycles. The van der Waals surface area contributed by atoms with Gasteiger partial charge in [0.1, 0.15) is 6.33 Å². The number of hydrogen-bond donors (Lipinski definition) is 2. The second kappa shape index (κ2) is 9.17. The van der Waals surface area contributed by atoms with E-state index >= 15 is 0 Å². The van der Waals surface area contributed by atoms with Gasteiger partial charge in [0.2, 0.25) is 11.9 Å². The number of carbonyl (C=O) groups is 2. The molecule has 1 aliphatic rings. The smallest absolute Gasteiger partial charge is 0.262 e. The average Bonchev–Trinajstić information content (AvgIpc) is 3.21. The van der Waals surface area contributed by atoms with Gasteiger partial charge in [0, 0.05) is 5.69 Å². The third-order valence-electron chi connectivity index (χ3n) is 4.62. The number of carbonyl (C=O) groups excluding carboxylic acids is 2. The molecule has 9 nitrogen and oxygen atoms in total. The molecule has 2 aromatic carbocycles. The predicted molar refractivity (Wildman–Crippen MR) is 117 cm³/mol. The zero-order chi connectivity index (χ0) is 21.8. The number of halogens is 1. The number of anilines is 2. The molecule has 1 aromatic heterocycles. The third-order valence-corrected chi connectivity index (χ3v) is 5.21. The highest BCUT2D eigenvalue weighted by Gasteiger charge is 2.29. The molecule has 2 N–H and O–H groups in total. The molecule has 0 saturated heterocycles. The number of amides is 2. The van der Waals surface area contributed by atoms with Crippen LogP contribution in [0.15, 0.2) is 53.3 Å². The molecule has 10 heteroatoms. The van der Waals surface area contributed by atoms with E-state index in [9.17, 15) is 9.59 Å². The molecule has 0 radical (unpaired) electrons. The summed E-state index contributed by atoms with van der Waals surface area (Å²) in [5, 5.41) is 9.70. The van der Waals surface area contributed by atoms with E-state index in [1.165, 1.54) is 6.33 Å². The molecule has 2 heterocycles. The fraction of sp³-hybridized carbons (Fsp3) is 0.238. The predicted octanol–water partition coefficient (Wildman–Crippen LogP) is 3.39. The summed E-state index contributed by atoms with van der Waals surface area (Å²) in [6.45, 7) is 2.07. The van der Waals surface area contributed by atoms with Crippen molar-refractivity contribution in [3.8, 4) is 11.5 Å². The summed E-state index contributed by atoms with van der Waals surface area (Å²) in [5.74, 6) is 0.839. The normalized spacial score (nSPS) is 15.0. The second-order valence-corrected chi connectivity index (χ2v) is 7.62. The summed E-state index contributed by atoms with van der Waals surface area (Å²) in [4.78, 5) is 28.4. The van der Waals surface area contributed by atoms with Gasteiger partial charge in [-0.15, -0.1) is 0 Å². The fourth-order valence-corrected chi connectivity index (χ4v) is 3.88. The molecule has 1 unspecified atom stereocenters. The van der Waals surface area contributed by atoms with Gasteiger partial charge < -0.3 is 14.8 Å². The Morgan fingerprint density at radius 1 is 1.29 bits per heavy atom. The number of ether oxygens (including phenoxy) is 2. The van der Waals surface area contributed by atoms with Crippen molar-refractivity contribution >= 4 is 39.4 Å². The maximum absolute atomic E-state index is 12.3. The quantitative estimate of drug-likeness (QED) is 0.530. The number of nitrogens with zero attached hydrogens (tertiary/aromatic N) is 3. The third kappa shape index (κ3) is 4.69. The molecule has 4 rings (SSSR count). The van der Waals surface area contributed by atoms with Crippen molar-refractivity contribution in [2.75, 3.05) is 23.8 Å². The van der Waals surface area contributed by atoms with E-state index in [2.05, 4.69) is 36.6 Å². The molecule has 1 atom stereocenters. The molecule has 31 heavy (non-hydrogen) atoms. The summed E-state index contributed by atoms with van der Waals surface area (Å²) < 4.78 is 13.8. The maximum atomic E-state index is 12.3.